The van der Waals surface area contributed by atoms with Crippen molar-refractivity contribution in [2.24, 2.45) is 4.99 Å². The van der Waals surface area contributed by atoms with Crippen molar-refractivity contribution in [3.63, 3.8) is 0 Å². The monoisotopic (exact) mass is 480 g/mol. The molecule has 0 fully saturated rings. The van der Waals surface area contributed by atoms with E-state index in [1.165, 1.54) is 0 Å². The van der Waals surface area contributed by atoms with Gasteiger partial charge in [-0.1, -0.05) is 36.7 Å². The van der Waals surface area contributed by atoms with Crippen molar-refractivity contribution in [1.29, 1.82) is 0 Å². The third-order valence-electron chi connectivity index (χ3n) is 3.68. The number of aliphatic imine (C=N–C) groups is 1. The van der Waals surface area contributed by atoms with Gasteiger partial charge in [-0.25, -0.2) is 0 Å². The largest absolute Gasteiger partial charge is 0.357 e. The Morgan fingerprint density at radius 1 is 1.32 bits per heavy atom. The van der Waals surface area contributed by atoms with Gasteiger partial charge in [0.25, 0.3) is 0 Å². The van der Waals surface area contributed by atoms with Crippen LogP contribution in [0, 0.1) is 0 Å². The van der Waals surface area contributed by atoms with E-state index < -0.39 is 0 Å². The summed E-state index contributed by atoms with van der Waals surface area (Å²) >= 11 is 6.22. The zero-order valence-electron chi connectivity index (χ0n) is 15.5. The molecule has 0 aliphatic heterocycles. The van der Waals surface area contributed by atoms with Crippen molar-refractivity contribution in [2.75, 3.05) is 20.1 Å². The molecule has 0 aliphatic rings. The summed E-state index contributed by atoms with van der Waals surface area (Å²) in [6.45, 7) is 7.96. The molecule has 1 unspecified atom stereocenters. The lowest BCUT2D eigenvalue weighted by Gasteiger charge is -2.22. The van der Waals surface area contributed by atoms with Gasteiger partial charge in [0.05, 0.1) is 6.54 Å². The SMILES string of the molecule is CCNC(=NCCC(=O)NC(C)CC)N(C)Cc1ccccc1Cl.I. The fraction of sp³-hybridized carbons (Fsp3) is 0.556. The molecule has 0 bridgehead atoms. The van der Waals surface area contributed by atoms with Gasteiger partial charge in [-0.2, -0.15) is 0 Å². The summed E-state index contributed by atoms with van der Waals surface area (Å²) in [4.78, 5) is 18.4. The minimum Gasteiger partial charge on any atom is -0.357 e. The van der Waals surface area contributed by atoms with Crippen LogP contribution in [-0.2, 0) is 11.3 Å². The van der Waals surface area contributed by atoms with Crippen LogP contribution >= 0.6 is 35.6 Å². The van der Waals surface area contributed by atoms with Gasteiger partial charge < -0.3 is 15.5 Å². The number of nitrogens with one attached hydrogen (secondary N) is 2. The van der Waals surface area contributed by atoms with Gasteiger partial charge in [0, 0.05) is 37.6 Å². The number of carbonyl (C=O) groups excluding carboxylic acids is 1. The highest BCUT2D eigenvalue weighted by Crippen LogP contribution is 2.16. The van der Waals surface area contributed by atoms with Gasteiger partial charge in [0.1, 0.15) is 0 Å². The molecule has 0 spiro atoms. The molecule has 1 amide bonds. The Bertz CT molecular complexity index is 554. The third kappa shape index (κ3) is 9.30. The van der Waals surface area contributed by atoms with E-state index in [0.29, 0.717) is 19.5 Å². The lowest BCUT2D eigenvalue weighted by atomic mass is 10.2. The van der Waals surface area contributed by atoms with Crippen LogP contribution < -0.4 is 10.6 Å². The highest BCUT2D eigenvalue weighted by molar-refractivity contribution is 14.0. The van der Waals surface area contributed by atoms with Gasteiger partial charge in [-0.3, -0.25) is 9.79 Å². The first-order valence-corrected chi connectivity index (χ1v) is 8.87. The normalized spacial score (nSPS) is 12.1. The number of hydrogen-bond acceptors (Lipinski definition) is 2. The van der Waals surface area contributed by atoms with E-state index in [1.54, 1.807) is 0 Å². The molecule has 1 aromatic rings. The first-order valence-electron chi connectivity index (χ1n) is 8.50. The molecule has 0 saturated carbocycles. The van der Waals surface area contributed by atoms with E-state index in [2.05, 4.69) is 22.5 Å². The number of nitrogens with zero attached hydrogens (tertiary/aromatic N) is 2. The molecule has 1 atom stereocenters. The first-order chi connectivity index (χ1) is 11.5. The smallest absolute Gasteiger partial charge is 0.222 e. The van der Waals surface area contributed by atoms with Crippen molar-refractivity contribution in [3.8, 4) is 0 Å². The lowest BCUT2D eigenvalue weighted by Crippen LogP contribution is -2.39. The second-order valence-electron chi connectivity index (χ2n) is 5.81. The molecule has 0 saturated heterocycles. The Labute approximate surface area is 173 Å². The molecule has 1 rings (SSSR count). The second kappa shape index (κ2) is 13.2. The van der Waals surface area contributed by atoms with Crippen LogP contribution in [0.2, 0.25) is 5.02 Å². The van der Waals surface area contributed by atoms with Crippen LogP contribution in [0.3, 0.4) is 0 Å². The number of hydrogen-bond donors (Lipinski definition) is 2. The summed E-state index contributed by atoms with van der Waals surface area (Å²) in [5.74, 6) is 0.812. The minimum atomic E-state index is 0. The van der Waals surface area contributed by atoms with E-state index >= 15 is 0 Å². The van der Waals surface area contributed by atoms with Gasteiger partial charge in [-0.15, -0.1) is 24.0 Å². The van der Waals surface area contributed by atoms with Crippen LogP contribution in [0.5, 0.6) is 0 Å². The predicted molar refractivity (Wildman–Crippen MR) is 117 cm³/mol. The molecule has 5 nitrogen and oxygen atoms in total. The predicted octanol–water partition coefficient (Wildman–Crippen LogP) is 3.66. The molecule has 0 aromatic heterocycles. The Morgan fingerprint density at radius 3 is 2.60 bits per heavy atom. The molecule has 0 heterocycles. The fourth-order valence-corrected chi connectivity index (χ4v) is 2.33. The fourth-order valence-electron chi connectivity index (χ4n) is 2.14. The number of halogens is 2. The molecular weight excluding hydrogens is 451 g/mol. The van der Waals surface area contributed by atoms with E-state index in [0.717, 1.165) is 29.5 Å². The lowest BCUT2D eigenvalue weighted by molar-refractivity contribution is -0.121. The number of benzene rings is 1. The van der Waals surface area contributed by atoms with Crippen LogP contribution in [0.25, 0.3) is 0 Å². The van der Waals surface area contributed by atoms with Gasteiger partial charge >= 0.3 is 0 Å². The van der Waals surface area contributed by atoms with Crippen LogP contribution in [0.4, 0.5) is 0 Å². The van der Waals surface area contributed by atoms with Crippen LogP contribution in [0.15, 0.2) is 29.3 Å². The van der Waals surface area contributed by atoms with E-state index in [-0.39, 0.29) is 35.9 Å². The number of amides is 1. The van der Waals surface area contributed by atoms with Crippen LogP contribution in [0.1, 0.15) is 39.2 Å². The third-order valence-corrected chi connectivity index (χ3v) is 4.05. The highest BCUT2D eigenvalue weighted by atomic mass is 127. The van der Waals surface area contributed by atoms with E-state index in [1.807, 2.05) is 50.1 Å². The quantitative estimate of drug-likeness (QED) is 0.339. The minimum absolute atomic E-state index is 0. The summed E-state index contributed by atoms with van der Waals surface area (Å²) in [6, 6.07) is 7.98. The van der Waals surface area contributed by atoms with Gasteiger partial charge in [-0.05, 0) is 31.9 Å². The van der Waals surface area contributed by atoms with Crippen molar-refractivity contribution < 1.29 is 4.79 Å². The molecule has 25 heavy (non-hydrogen) atoms. The maximum Gasteiger partial charge on any atom is 0.222 e. The standard InChI is InChI=1S/C18H29ClN4O.HI/c1-5-14(3)22-17(24)11-12-21-18(20-6-2)23(4)13-15-9-7-8-10-16(15)19;/h7-10,14H,5-6,11-13H2,1-4H3,(H,20,21)(H,22,24);1H. The second-order valence-corrected chi connectivity index (χ2v) is 6.22. The topological polar surface area (TPSA) is 56.7 Å². The molecule has 0 aliphatic carbocycles. The van der Waals surface area contributed by atoms with Crippen molar-refractivity contribution in [2.45, 2.75) is 46.2 Å². The first kappa shape index (κ1) is 24.0. The summed E-state index contributed by atoms with van der Waals surface area (Å²) in [7, 11) is 1.96. The highest BCUT2D eigenvalue weighted by Gasteiger charge is 2.09. The number of rotatable bonds is 8. The summed E-state index contributed by atoms with van der Waals surface area (Å²) in [5, 5.41) is 6.94. The molecule has 0 radical (unpaired) electrons. The number of guanidine groups is 1. The summed E-state index contributed by atoms with van der Waals surface area (Å²) in [6.07, 6.45) is 1.32. The zero-order chi connectivity index (χ0) is 17.9. The van der Waals surface area contributed by atoms with Crippen molar-refractivity contribution in [1.82, 2.24) is 15.5 Å². The Hall–Kier alpha value is -1.02. The van der Waals surface area contributed by atoms with Crippen molar-refractivity contribution in [3.05, 3.63) is 34.9 Å². The van der Waals surface area contributed by atoms with E-state index in [4.69, 9.17) is 11.6 Å². The Kier molecular flexibility index (Phi) is 12.7. The molecule has 142 valence electrons. The van der Waals surface area contributed by atoms with Crippen LogP contribution in [-0.4, -0.2) is 42.9 Å². The van der Waals surface area contributed by atoms with E-state index in [9.17, 15) is 4.79 Å². The maximum absolute atomic E-state index is 11.8. The Morgan fingerprint density at radius 2 is 2.00 bits per heavy atom. The molecule has 1 aromatic carbocycles. The molecular formula is C18H30ClIN4O. The average molecular weight is 481 g/mol. The average Bonchev–Trinajstić information content (AvgIpc) is 2.55. The Balaban J connectivity index is 0.00000576. The van der Waals surface area contributed by atoms with Gasteiger partial charge in [0.2, 0.25) is 5.91 Å². The molecule has 2 N–H and O–H groups in total. The number of carbonyl (C=O) groups is 1. The molecule has 7 heteroatoms. The maximum atomic E-state index is 11.8. The zero-order valence-corrected chi connectivity index (χ0v) is 18.6. The van der Waals surface area contributed by atoms with Gasteiger partial charge in [0.15, 0.2) is 5.96 Å². The summed E-state index contributed by atoms with van der Waals surface area (Å²) in [5.41, 5.74) is 1.04. The summed E-state index contributed by atoms with van der Waals surface area (Å²) < 4.78 is 0. The van der Waals surface area contributed by atoms with Crippen molar-refractivity contribution >= 4 is 47.4 Å².